The van der Waals surface area contributed by atoms with Gasteiger partial charge in [0.1, 0.15) is 16.9 Å². The molecule has 190 valence electrons. The third kappa shape index (κ3) is 2.73. The summed E-state index contributed by atoms with van der Waals surface area (Å²) in [6.07, 6.45) is 1.88. The third-order valence-corrected chi connectivity index (χ3v) is 8.63. The van der Waals surface area contributed by atoms with Crippen LogP contribution in [0, 0.1) is 0 Å². The molecule has 0 saturated heterocycles. The van der Waals surface area contributed by atoms with Crippen LogP contribution in [0.4, 0.5) is 11.4 Å². The number of anilines is 2. The lowest BCUT2D eigenvalue weighted by atomic mass is 9.65. The van der Waals surface area contributed by atoms with Crippen LogP contribution in [-0.2, 0) is 0 Å². The summed E-state index contributed by atoms with van der Waals surface area (Å²) < 4.78 is 15.2. The van der Waals surface area contributed by atoms with Gasteiger partial charge < -0.3 is 18.4 Å². The van der Waals surface area contributed by atoms with Crippen LogP contribution in [0.25, 0.3) is 60.7 Å². The average Bonchev–Trinajstić information content (AvgIpc) is 3.69. The fraction of sp³-hybridized carbons (Fsp3) is 0. The summed E-state index contributed by atoms with van der Waals surface area (Å²) in [6.45, 7) is 0. The second-order valence-electron chi connectivity index (χ2n) is 10.8. The minimum atomic E-state index is -0.290. The Hall–Kier alpha value is -5.49. The highest BCUT2D eigenvalue weighted by Crippen LogP contribution is 2.49. The van der Waals surface area contributed by atoms with Crippen LogP contribution in [-0.4, -0.2) is 16.6 Å². The van der Waals surface area contributed by atoms with Gasteiger partial charge in [0.05, 0.1) is 28.1 Å². The molecule has 0 saturated carbocycles. The number of rotatable bonds is 1. The van der Waals surface area contributed by atoms with Gasteiger partial charge in [-0.05, 0) is 54.0 Å². The van der Waals surface area contributed by atoms with E-state index in [1.165, 1.54) is 21.8 Å². The zero-order chi connectivity index (χ0) is 26.7. The molecule has 0 unspecified atom stereocenters. The summed E-state index contributed by atoms with van der Waals surface area (Å²) >= 11 is 0. The molecule has 8 aromatic rings. The molecule has 3 aromatic heterocycles. The van der Waals surface area contributed by atoms with Crippen LogP contribution in [0.3, 0.4) is 0 Å². The second-order valence-corrected chi connectivity index (χ2v) is 10.8. The SMILES string of the molecule is c1cnc2c(c1)N1B(Oc3cc4oc5ccccc5c4cc31)c1ccc(-n3c4ccccc4c4ccccc43)cc1-2. The molecule has 2 aliphatic rings. The minimum absolute atomic E-state index is 0.290. The van der Waals surface area contributed by atoms with Crippen LogP contribution in [0.2, 0.25) is 0 Å². The van der Waals surface area contributed by atoms with Crippen molar-refractivity contribution in [3.8, 4) is 22.7 Å². The Balaban J connectivity index is 1.20. The molecule has 5 nitrogen and oxygen atoms in total. The van der Waals surface area contributed by atoms with Gasteiger partial charge in [0.2, 0.25) is 0 Å². The maximum atomic E-state index is 6.70. The fourth-order valence-electron chi connectivity index (χ4n) is 6.89. The molecule has 5 heterocycles. The van der Waals surface area contributed by atoms with Gasteiger partial charge in [0.25, 0.3) is 0 Å². The van der Waals surface area contributed by atoms with Gasteiger partial charge in [-0.1, -0.05) is 60.7 Å². The molecule has 5 aromatic carbocycles. The van der Waals surface area contributed by atoms with Crippen molar-refractivity contribution < 1.29 is 9.07 Å². The van der Waals surface area contributed by atoms with Gasteiger partial charge in [-0.25, -0.2) is 0 Å². The van der Waals surface area contributed by atoms with Gasteiger partial charge in [0, 0.05) is 45.1 Å². The smallest absolute Gasteiger partial charge is 0.525 e. The van der Waals surface area contributed by atoms with Crippen LogP contribution in [0.5, 0.6) is 5.75 Å². The average molecular weight is 525 g/mol. The second kappa shape index (κ2) is 7.58. The Morgan fingerprint density at radius 2 is 1.37 bits per heavy atom. The van der Waals surface area contributed by atoms with Crippen molar-refractivity contribution in [2.75, 3.05) is 4.81 Å². The van der Waals surface area contributed by atoms with Crippen molar-refractivity contribution in [2.24, 2.45) is 0 Å². The van der Waals surface area contributed by atoms with Crippen molar-refractivity contribution in [3.05, 3.63) is 121 Å². The van der Waals surface area contributed by atoms with Crippen LogP contribution in [0.15, 0.2) is 126 Å². The highest BCUT2D eigenvalue weighted by atomic mass is 16.5. The van der Waals surface area contributed by atoms with Crippen LogP contribution >= 0.6 is 0 Å². The van der Waals surface area contributed by atoms with E-state index in [1.54, 1.807) is 0 Å². The Morgan fingerprint density at radius 3 is 2.20 bits per heavy atom. The summed E-state index contributed by atoms with van der Waals surface area (Å²) in [5, 5.41) is 4.68. The number of pyridine rings is 1. The van der Waals surface area contributed by atoms with Gasteiger partial charge in [-0.3, -0.25) is 4.98 Å². The van der Waals surface area contributed by atoms with E-state index >= 15 is 0 Å². The predicted octanol–water partition coefficient (Wildman–Crippen LogP) is 7.98. The summed E-state index contributed by atoms with van der Waals surface area (Å²) in [7, 11) is -0.290. The zero-order valence-electron chi connectivity index (χ0n) is 21.8. The molecule has 10 rings (SSSR count). The molecular weight excluding hydrogens is 505 g/mol. The molecule has 0 amide bonds. The molecular formula is C35H20BN3O2. The van der Waals surface area contributed by atoms with Crippen LogP contribution < -0.4 is 14.9 Å². The first-order valence-corrected chi connectivity index (χ1v) is 13.8. The van der Waals surface area contributed by atoms with E-state index in [0.717, 1.165) is 61.5 Å². The topological polar surface area (TPSA) is 43.4 Å². The highest BCUT2D eigenvalue weighted by Gasteiger charge is 2.46. The van der Waals surface area contributed by atoms with Gasteiger partial charge in [0.15, 0.2) is 0 Å². The lowest BCUT2D eigenvalue weighted by Gasteiger charge is -2.30. The number of furan rings is 1. The Labute approximate surface area is 235 Å². The normalized spacial score (nSPS) is 13.5. The van der Waals surface area contributed by atoms with E-state index in [2.05, 4.69) is 100 Å². The first-order valence-electron chi connectivity index (χ1n) is 13.8. The predicted molar refractivity (Wildman–Crippen MR) is 166 cm³/mol. The van der Waals surface area contributed by atoms with Crippen molar-refractivity contribution in [1.82, 2.24) is 9.55 Å². The molecule has 0 atom stereocenters. The first-order chi connectivity index (χ1) is 20.3. The van der Waals surface area contributed by atoms with Crippen molar-refractivity contribution in [3.63, 3.8) is 0 Å². The fourth-order valence-corrected chi connectivity index (χ4v) is 6.89. The maximum absolute atomic E-state index is 6.70. The quantitative estimate of drug-likeness (QED) is 0.204. The number of hydrogen-bond donors (Lipinski definition) is 0. The van der Waals surface area contributed by atoms with E-state index < -0.39 is 0 Å². The lowest BCUT2D eigenvalue weighted by molar-refractivity contribution is 0.600. The summed E-state index contributed by atoms with van der Waals surface area (Å²) in [4.78, 5) is 7.20. The Morgan fingerprint density at radius 1 is 0.610 bits per heavy atom. The van der Waals surface area contributed by atoms with Crippen molar-refractivity contribution in [2.45, 2.75) is 0 Å². The largest absolute Gasteiger partial charge is 0.536 e. The monoisotopic (exact) mass is 525 g/mol. The number of benzene rings is 5. The molecule has 6 heteroatoms. The van der Waals surface area contributed by atoms with E-state index in [-0.39, 0.29) is 7.05 Å². The third-order valence-electron chi connectivity index (χ3n) is 8.63. The van der Waals surface area contributed by atoms with E-state index in [9.17, 15) is 0 Å². The molecule has 0 bridgehead atoms. The maximum Gasteiger partial charge on any atom is 0.525 e. The molecule has 0 fully saturated rings. The summed E-state index contributed by atoms with van der Waals surface area (Å²) in [5.41, 5.74) is 10.4. The number of para-hydroxylation sites is 3. The van der Waals surface area contributed by atoms with Gasteiger partial charge in [-0.2, -0.15) is 0 Å². The molecule has 0 aliphatic carbocycles. The van der Waals surface area contributed by atoms with E-state index in [0.29, 0.717) is 0 Å². The van der Waals surface area contributed by atoms with Gasteiger partial charge >= 0.3 is 7.05 Å². The minimum Gasteiger partial charge on any atom is -0.536 e. The van der Waals surface area contributed by atoms with E-state index in [4.69, 9.17) is 14.1 Å². The molecule has 0 radical (unpaired) electrons. The number of hydrogen-bond acceptors (Lipinski definition) is 4. The highest BCUT2D eigenvalue weighted by molar-refractivity contribution is 6.77. The molecule has 41 heavy (non-hydrogen) atoms. The Bertz CT molecular complexity index is 2330. The first kappa shape index (κ1) is 21.4. The Kier molecular flexibility index (Phi) is 3.95. The molecule has 0 spiro atoms. The molecule has 0 N–H and O–H groups in total. The van der Waals surface area contributed by atoms with Crippen LogP contribution in [0.1, 0.15) is 0 Å². The standard InChI is InChI=1S/C35H20BN3O2/c1-4-11-28-22(8-1)23-9-2-5-12-29(23)38(28)21-15-16-27-26(18-21)35-30(13-7-17-37-35)39-31-19-25-24-10-3-6-14-32(24)40-33(25)20-34(31)41-36(27)39/h1-20H. The number of aromatic nitrogens is 2. The molecule has 2 aliphatic heterocycles. The lowest BCUT2D eigenvalue weighted by Crippen LogP contribution is -2.50. The summed E-state index contributed by atoms with van der Waals surface area (Å²) in [6, 6.07) is 40.4. The van der Waals surface area contributed by atoms with Gasteiger partial charge in [-0.15, -0.1) is 0 Å². The van der Waals surface area contributed by atoms with Crippen molar-refractivity contribution in [1.29, 1.82) is 0 Å². The van der Waals surface area contributed by atoms with E-state index in [1.807, 2.05) is 30.5 Å². The number of nitrogens with zero attached hydrogens (tertiary/aromatic N) is 3. The summed E-state index contributed by atoms with van der Waals surface area (Å²) in [5.74, 6) is 0.815. The zero-order valence-corrected chi connectivity index (χ0v) is 21.8. The number of fused-ring (bicyclic) bond motifs is 14. The van der Waals surface area contributed by atoms with Crippen molar-refractivity contribution >= 4 is 67.6 Å².